The van der Waals surface area contributed by atoms with Gasteiger partial charge in [-0.05, 0) is 64.2 Å². The Hall–Kier alpha value is -3.83. The number of aliphatic hydroxyl groups excluding tert-OH is 1. The zero-order chi connectivity index (χ0) is 31.2. The third kappa shape index (κ3) is 8.13. The molecule has 1 aromatic heterocycles. The molecule has 1 aliphatic rings. The van der Waals surface area contributed by atoms with Gasteiger partial charge in [-0.1, -0.05) is 44.2 Å². The molecular weight excluding hydrogens is 538 g/mol. The number of hydrogen-bond donors (Lipinski definition) is 4. The summed E-state index contributed by atoms with van der Waals surface area (Å²) in [4.78, 5) is 55.0. The highest BCUT2D eigenvalue weighted by Gasteiger charge is 2.32. The van der Waals surface area contributed by atoms with Gasteiger partial charge in [0.1, 0.15) is 18.2 Å². The van der Waals surface area contributed by atoms with Gasteiger partial charge in [-0.3, -0.25) is 29.2 Å². The number of amides is 3. The molecular formula is C31H43N5O6. The topological polar surface area (TPSA) is 150 Å². The maximum Gasteiger partial charge on any atom is 0.315 e. The normalized spacial score (nSPS) is 18.0. The van der Waals surface area contributed by atoms with Crippen molar-refractivity contribution in [2.75, 3.05) is 13.7 Å². The van der Waals surface area contributed by atoms with Crippen LogP contribution in [0.5, 0.6) is 0 Å². The fraction of sp³-hybridized carbons (Fsp3) is 0.516. The summed E-state index contributed by atoms with van der Waals surface area (Å²) in [7, 11) is 1.36. The summed E-state index contributed by atoms with van der Waals surface area (Å²) in [6.45, 7) is 10.8. The molecule has 4 atom stereocenters. The zero-order valence-corrected chi connectivity index (χ0v) is 25.4. The second kappa shape index (κ2) is 13.9. The minimum Gasteiger partial charge on any atom is -0.468 e. The molecule has 3 rings (SSSR count). The van der Waals surface area contributed by atoms with Crippen LogP contribution in [0, 0.1) is 11.3 Å². The van der Waals surface area contributed by atoms with E-state index in [-0.39, 0.29) is 23.7 Å². The fourth-order valence-electron chi connectivity index (χ4n) is 4.55. The highest BCUT2D eigenvalue weighted by Crippen LogP contribution is 2.23. The lowest BCUT2D eigenvalue weighted by Crippen LogP contribution is -2.61. The minimum atomic E-state index is -1.21. The van der Waals surface area contributed by atoms with E-state index in [0.29, 0.717) is 25.1 Å². The monoisotopic (exact) mass is 581 g/mol. The van der Waals surface area contributed by atoms with Crippen molar-refractivity contribution >= 4 is 40.7 Å². The fourth-order valence-corrected chi connectivity index (χ4v) is 4.55. The lowest BCUT2D eigenvalue weighted by molar-refractivity contribution is -0.148. The van der Waals surface area contributed by atoms with Gasteiger partial charge in [0.25, 0.3) is 5.91 Å². The van der Waals surface area contributed by atoms with Gasteiger partial charge in [0.05, 0.1) is 29.8 Å². The summed E-state index contributed by atoms with van der Waals surface area (Å²) in [5.41, 5.74) is 4.52. The third-order valence-electron chi connectivity index (χ3n) is 7.34. The summed E-state index contributed by atoms with van der Waals surface area (Å²) >= 11 is 0. The van der Waals surface area contributed by atoms with E-state index in [0.717, 1.165) is 16.5 Å². The second-order valence-electron chi connectivity index (χ2n) is 11.7. The number of carbonyl (C=O) groups is 4. The highest BCUT2D eigenvalue weighted by atomic mass is 16.5. The molecule has 4 N–H and O–H groups in total. The van der Waals surface area contributed by atoms with Crippen LogP contribution in [0.3, 0.4) is 0 Å². The molecule has 4 unspecified atom stereocenters. The molecule has 0 radical (unpaired) electrons. The molecule has 0 spiro atoms. The van der Waals surface area contributed by atoms with Crippen LogP contribution < -0.4 is 16.1 Å². The van der Waals surface area contributed by atoms with E-state index >= 15 is 0 Å². The molecule has 1 fully saturated rings. The van der Waals surface area contributed by atoms with E-state index in [1.54, 1.807) is 40.7 Å². The van der Waals surface area contributed by atoms with Crippen LogP contribution in [0.25, 0.3) is 17.0 Å². The number of hydrazine groups is 1. The molecule has 2 aromatic rings. The number of nitrogens with one attached hydrogen (secondary N) is 3. The predicted molar refractivity (Wildman–Crippen MR) is 159 cm³/mol. The number of carbonyl (C=O) groups excluding carboxylic acids is 4. The number of hydrogen-bond acceptors (Lipinski definition) is 8. The summed E-state index contributed by atoms with van der Waals surface area (Å²) in [6, 6.07) is 7.72. The van der Waals surface area contributed by atoms with Crippen LogP contribution in [0.2, 0.25) is 0 Å². The molecule has 228 valence electrons. The summed E-state index contributed by atoms with van der Waals surface area (Å²) in [5.74, 6) is -1.87. The van der Waals surface area contributed by atoms with E-state index in [4.69, 9.17) is 9.72 Å². The largest absolute Gasteiger partial charge is 0.468 e. The Balaban J connectivity index is 1.64. The van der Waals surface area contributed by atoms with E-state index in [1.807, 2.05) is 43.3 Å². The van der Waals surface area contributed by atoms with Gasteiger partial charge in [-0.2, -0.15) is 0 Å². The van der Waals surface area contributed by atoms with E-state index in [2.05, 4.69) is 16.1 Å². The quantitative estimate of drug-likeness (QED) is 0.313. The number of aliphatic hydroxyl groups is 1. The smallest absolute Gasteiger partial charge is 0.315 e. The number of aromatic nitrogens is 1. The highest BCUT2D eigenvalue weighted by molar-refractivity contribution is 5.89. The number of fused-ring (bicyclic) bond motifs is 1. The number of nitrogens with zero attached hydrogens (tertiary/aromatic N) is 2. The van der Waals surface area contributed by atoms with Crippen molar-refractivity contribution in [2.45, 2.75) is 78.6 Å². The van der Waals surface area contributed by atoms with Crippen molar-refractivity contribution in [3.05, 3.63) is 47.7 Å². The second-order valence-corrected chi connectivity index (χ2v) is 11.7. The number of methoxy groups -OCH3 is 1. The number of benzene rings is 1. The molecule has 11 heteroatoms. The van der Waals surface area contributed by atoms with Gasteiger partial charge >= 0.3 is 5.97 Å². The zero-order valence-electron chi connectivity index (χ0n) is 25.4. The lowest BCUT2D eigenvalue weighted by atomic mass is 9.92. The Bertz CT molecular complexity index is 1340. The van der Waals surface area contributed by atoms with E-state index < -0.39 is 35.6 Å². The summed E-state index contributed by atoms with van der Waals surface area (Å²) in [6.07, 6.45) is 3.59. The molecule has 2 heterocycles. The molecule has 1 aromatic carbocycles. The Labute approximate surface area is 247 Å². The average Bonchev–Trinajstić information content (AvgIpc) is 2.98. The van der Waals surface area contributed by atoms with Gasteiger partial charge in [0, 0.05) is 11.9 Å². The van der Waals surface area contributed by atoms with Gasteiger partial charge in [0.2, 0.25) is 11.8 Å². The molecule has 0 saturated carbocycles. The molecule has 1 saturated heterocycles. The Kier molecular flexibility index (Phi) is 10.8. The van der Waals surface area contributed by atoms with Crippen molar-refractivity contribution in [2.24, 2.45) is 11.3 Å². The van der Waals surface area contributed by atoms with Crippen molar-refractivity contribution < 1.29 is 29.0 Å². The Morgan fingerprint density at radius 3 is 2.48 bits per heavy atom. The first-order valence-electron chi connectivity index (χ1n) is 14.3. The molecule has 0 aliphatic carbocycles. The average molecular weight is 582 g/mol. The first-order chi connectivity index (χ1) is 19.7. The van der Waals surface area contributed by atoms with Gasteiger partial charge < -0.3 is 20.5 Å². The van der Waals surface area contributed by atoms with E-state index in [1.165, 1.54) is 12.1 Å². The Morgan fingerprint density at radius 1 is 1.12 bits per heavy atom. The first-order valence-corrected chi connectivity index (χ1v) is 14.3. The van der Waals surface area contributed by atoms with Crippen LogP contribution >= 0.6 is 0 Å². The van der Waals surface area contributed by atoms with Crippen LogP contribution in [-0.4, -0.2) is 70.6 Å². The number of rotatable bonds is 10. The maximum atomic E-state index is 13.1. The number of esters is 1. The SMILES string of the molecule is COC(=O)C(C)(C)C=Cc1ccc2ccc(C(C)NC(=O)C3CCCN(C(=O)C(C)NC(=O)C(O)C(C)C)N3)nc2c1. The van der Waals surface area contributed by atoms with E-state index in [9.17, 15) is 24.3 Å². The van der Waals surface area contributed by atoms with Crippen molar-refractivity contribution in [1.82, 2.24) is 26.1 Å². The number of ether oxygens (including phenoxy) is 1. The van der Waals surface area contributed by atoms with Crippen LogP contribution in [0.15, 0.2) is 36.4 Å². The molecule has 42 heavy (non-hydrogen) atoms. The van der Waals surface area contributed by atoms with Crippen molar-refractivity contribution in [3.63, 3.8) is 0 Å². The summed E-state index contributed by atoms with van der Waals surface area (Å²) < 4.78 is 4.86. The van der Waals surface area contributed by atoms with Crippen LogP contribution in [0.4, 0.5) is 0 Å². The van der Waals surface area contributed by atoms with Gasteiger partial charge in [-0.15, -0.1) is 0 Å². The molecule has 11 nitrogen and oxygen atoms in total. The van der Waals surface area contributed by atoms with Crippen molar-refractivity contribution in [3.8, 4) is 0 Å². The van der Waals surface area contributed by atoms with Gasteiger partial charge in [-0.25, -0.2) is 5.43 Å². The first kappa shape index (κ1) is 32.7. The maximum absolute atomic E-state index is 13.1. The minimum absolute atomic E-state index is 0.268. The van der Waals surface area contributed by atoms with Gasteiger partial charge in [0.15, 0.2) is 0 Å². The summed E-state index contributed by atoms with van der Waals surface area (Å²) in [5, 5.41) is 17.8. The van der Waals surface area contributed by atoms with Crippen molar-refractivity contribution in [1.29, 1.82) is 0 Å². The van der Waals surface area contributed by atoms with Crippen LogP contribution in [0.1, 0.15) is 71.7 Å². The lowest BCUT2D eigenvalue weighted by Gasteiger charge is -2.35. The number of pyridine rings is 1. The van der Waals surface area contributed by atoms with Crippen LogP contribution in [-0.2, 0) is 23.9 Å². The molecule has 3 amide bonds. The Morgan fingerprint density at radius 2 is 1.81 bits per heavy atom. The molecule has 0 bridgehead atoms. The standard InChI is InChI=1S/C31H43N5O6/c1-18(2)26(37)28(39)33-20(4)29(40)36-16-8-9-24(35-36)27(38)32-19(3)23-13-12-22-11-10-21(17-25(22)34-23)14-15-31(5,6)30(41)42-7/h10-15,17-20,24,26,35,37H,8-9,16H2,1-7H3,(H,32,38)(H,33,39). The predicted octanol–water partition coefficient (Wildman–Crippen LogP) is 2.64. The molecule has 1 aliphatic heterocycles. The third-order valence-corrected chi connectivity index (χ3v) is 7.34.